The summed E-state index contributed by atoms with van der Waals surface area (Å²) in [6.45, 7) is 7.36. The summed E-state index contributed by atoms with van der Waals surface area (Å²) in [6, 6.07) is 16.0. The summed E-state index contributed by atoms with van der Waals surface area (Å²) in [6.07, 6.45) is 2.00. The first kappa shape index (κ1) is 14.2. The maximum absolute atomic E-state index is 4.40. The Bertz CT molecular complexity index is 565. The van der Waals surface area contributed by atoms with E-state index < -0.39 is 0 Å². The van der Waals surface area contributed by atoms with E-state index in [0.29, 0.717) is 12.1 Å². The zero-order chi connectivity index (χ0) is 14.7. The highest BCUT2D eigenvalue weighted by molar-refractivity contribution is 5.20. The third-order valence-electron chi connectivity index (χ3n) is 4.26. The first-order chi connectivity index (χ1) is 10.2. The number of aromatic nitrogens is 1. The molecule has 1 aliphatic heterocycles. The first-order valence-corrected chi connectivity index (χ1v) is 7.66. The Morgan fingerprint density at radius 3 is 2.71 bits per heavy atom. The number of hydrogen-bond donors (Lipinski definition) is 1. The van der Waals surface area contributed by atoms with Crippen molar-refractivity contribution in [3.63, 3.8) is 0 Å². The van der Waals surface area contributed by atoms with E-state index in [4.69, 9.17) is 0 Å². The summed E-state index contributed by atoms with van der Waals surface area (Å²) in [5.74, 6) is 0. The smallest absolute Gasteiger partial charge is 0.0450 e. The Morgan fingerprint density at radius 1 is 1.19 bits per heavy atom. The van der Waals surface area contributed by atoms with Crippen molar-refractivity contribution in [2.24, 2.45) is 0 Å². The van der Waals surface area contributed by atoms with E-state index in [-0.39, 0.29) is 0 Å². The van der Waals surface area contributed by atoms with Crippen LogP contribution in [0.5, 0.6) is 0 Å². The molecule has 110 valence electrons. The van der Waals surface area contributed by atoms with Gasteiger partial charge in [-0.25, -0.2) is 0 Å². The van der Waals surface area contributed by atoms with E-state index in [0.717, 1.165) is 25.3 Å². The average molecular weight is 281 g/mol. The van der Waals surface area contributed by atoms with Crippen molar-refractivity contribution in [3.05, 3.63) is 65.5 Å². The minimum absolute atomic E-state index is 0.417. The van der Waals surface area contributed by atoms with Crippen molar-refractivity contribution in [3.8, 4) is 0 Å². The van der Waals surface area contributed by atoms with Gasteiger partial charge < -0.3 is 5.32 Å². The van der Waals surface area contributed by atoms with Crippen LogP contribution in [0.3, 0.4) is 0 Å². The quantitative estimate of drug-likeness (QED) is 0.937. The summed E-state index contributed by atoms with van der Waals surface area (Å²) in [4.78, 5) is 6.95. The lowest BCUT2D eigenvalue weighted by Crippen LogP contribution is -2.50. The van der Waals surface area contributed by atoms with Gasteiger partial charge in [0.2, 0.25) is 0 Å². The SMILES string of the molecule is Cc1ccc(CN2CC(c3ccccc3)NCC2C)cn1. The number of piperazine rings is 1. The Hall–Kier alpha value is -1.71. The molecule has 3 nitrogen and oxygen atoms in total. The summed E-state index contributed by atoms with van der Waals surface area (Å²) < 4.78 is 0. The molecule has 1 aliphatic rings. The van der Waals surface area contributed by atoms with Gasteiger partial charge >= 0.3 is 0 Å². The van der Waals surface area contributed by atoms with Crippen molar-refractivity contribution < 1.29 is 0 Å². The fourth-order valence-electron chi connectivity index (χ4n) is 2.88. The number of pyridine rings is 1. The molecular formula is C18H23N3. The van der Waals surface area contributed by atoms with Crippen molar-refractivity contribution in [2.75, 3.05) is 13.1 Å². The normalized spacial score (nSPS) is 23.1. The fourth-order valence-corrected chi connectivity index (χ4v) is 2.88. The second kappa shape index (κ2) is 6.37. The second-order valence-electron chi connectivity index (χ2n) is 5.96. The lowest BCUT2D eigenvalue weighted by Gasteiger charge is -2.39. The monoisotopic (exact) mass is 281 g/mol. The van der Waals surface area contributed by atoms with Crippen LogP contribution >= 0.6 is 0 Å². The van der Waals surface area contributed by atoms with Gasteiger partial charge in [-0.1, -0.05) is 36.4 Å². The molecule has 1 aromatic heterocycles. The van der Waals surface area contributed by atoms with E-state index in [1.165, 1.54) is 11.1 Å². The summed E-state index contributed by atoms with van der Waals surface area (Å²) in [7, 11) is 0. The highest BCUT2D eigenvalue weighted by Gasteiger charge is 2.25. The molecule has 1 N–H and O–H groups in total. The average Bonchev–Trinajstić information content (AvgIpc) is 2.52. The van der Waals surface area contributed by atoms with Crippen molar-refractivity contribution in [1.29, 1.82) is 0 Å². The van der Waals surface area contributed by atoms with E-state index in [9.17, 15) is 0 Å². The molecule has 2 heterocycles. The lowest BCUT2D eigenvalue weighted by molar-refractivity contribution is 0.133. The maximum Gasteiger partial charge on any atom is 0.0450 e. The van der Waals surface area contributed by atoms with Crippen LogP contribution in [0, 0.1) is 6.92 Å². The van der Waals surface area contributed by atoms with Gasteiger partial charge in [0.1, 0.15) is 0 Å². The number of benzene rings is 1. The van der Waals surface area contributed by atoms with Gasteiger partial charge in [-0.2, -0.15) is 0 Å². The van der Waals surface area contributed by atoms with E-state index in [2.05, 4.69) is 64.6 Å². The molecule has 2 aromatic rings. The zero-order valence-electron chi connectivity index (χ0n) is 12.8. The molecule has 21 heavy (non-hydrogen) atoms. The minimum Gasteiger partial charge on any atom is -0.307 e. The lowest BCUT2D eigenvalue weighted by atomic mass is 10.0. The van der Waals surface area contributed by atoms with Crippen LogP contribution < -0.4 is 5.32 Å². The van der Waals surface area contributed by atoms with E-state index in [1.54, 1.807) is 0 Å². The van der Waals surface area contributed by atoms with Gasteiger partial charge in [-0.05, 0) is 31.0 Å². The number of hydrogen-bond acceptors (Lipinski definition) is 3. The third-order valence-corrected chi connectivity index (χ3v) is 4.26. The Kier molecular flexibility index (Phi) is 4.32. The Balaban J connectivity index is 1.70. The summed E-state index contributed by atoms with van der Waals surface area (Å²) >= 11 is 0. The fraction of sp³-hybridized carbons (Fsp3) is 0.389. The van der Waals surface area contributed by atoms with Gasteiger partial charge in [0.05, 0.1) is 0 Å². The molecule has 1 saturated heterocycles. The van der Waals surface area contributed by atoms with Gasteiger partial charge in [0.25, 0.3) is 0 Å². The molecule has 1 fully saturated rings. The molecule has 0 aliphatic carbocycles. The van der Waals surface area contributed by atoms with Crippen LogP contribution in [0.1, 0.15) is 29.8 Å². The van der Waals surface area contributed by atoms with E-state index in [1.807, 2.05) is 13.1 Å². The topological polar surface area (TPSA) is 28.2 Å². The number of aryl methyl sites for hydroxylation is 1. The molecule has 0 spiro atoms. The molecular weight excluding hydrogens is 258 g/mol. The maximum atomic E-state index is 4.40. The highest BCUT2D eigenvalue weighted by atomic mass is 15.2. The van der Waals surface area contributed by atoms with Crippen LogP contribution in [0.25, 0.3) is 0 Å². The van der Waals surface area contributed by atoms with Crippen LogP contribution in [0.2, 0.25) is 0 Å². The van der Waals surface area contributed by atoms with Crippen LogP contribution in [0.4, 0.5) is 0 Å². The molecule has 2 unspecified atom stereocenters. The molecule has 0 radical (unpaired) electrons. The number of nitrogens with zero attached hydrogens (tertiary/aromatic N) is 2. The molecule has 0 amide bonds. The van der Waals surface area contributed by atoms with Crippen molar-refractivity contribution in [1.82, 2.24) is 15.2 Å². The van der Waals surface area contributed by atoms with Gasteiger partial charge in [-0.3, -0.25) is 9.88 Å². The molecule has 2 atom stereocenters. The Morgan fingerprint density at radius 2 is 2.00 bits per heavy atom. The third kappa shape index (κ3) is 3.49. The van der Waals surface area contributed by atoms with E-state index >= 15 is 0 Å². The van der Waals surface area contributed by atoms with Gasteiger partial charge in [0.15, 0.2) is 0 Å². The van der Waals surface area contributed by atoms with Crippen molar-refractivity contribution >= 4 is 0 Å². The summed E-state index contributed by atoms with van der Waals surface area (Å²) in [5, 5.41) is 3.65. The molecule has 1 aromatic carbocycles. The summed E-state index contributed by atoms with van der Waals surface area (Å²) in [5.41, 5.74) is 3.74. The molecule has 3 rings (SSSR count). The highest BCUT2D eigenvalue weighted by Crippen LogP contribution is 2.21. The second-order valence-corrected chi connectivity index (χ2v) is 5.96. The predicted octanol–water partition coefficient (Wildman–Crippen LogP) is 2.93. The van der Waals surface area contributed by atoms with Crippen LogP contribution in [-0.2, 0) is 6.54 Å². The van der Waals surface area contributed by atoms with Gasteiger partial charge in [-0.15, -0.1) is 0 Å². The van der Waals surface area contributed by atoms with Gasteiger partial charge in [0, 0.05) is 43.6 Å². The molecule has 0 bridgehead atoms. The molecule has 3 heteroatoms. The predicted molar refractivity (Wildman–Crippen MR) is 86.0 cm³/mol. The number of nitrogens with one attached hydrogen (secondary N) is 1. The van der Waals surface area contributed by atoms with Crippen LogP contribution in [0.15, 0.2) is 48.7 Å². The molecule has 0 saturated carbocycles. The first-order valence-electron chi connectivity index (χ1n) is 7.66. The standard InChI is InChI=1S/C18H23N3/c1-14-8-9-16(11-19-14)12-21-13-18(20-10-15(21)2)17-6-4-3-5-7-17/h3-9,11,15,18,20H,10,12-13H2,1-2H3. The zero-order valence-corrected chi connectivity index (χ0v) is 12.8. The Labute approximate surface area is 127 Å². The number of rotatable bonds is 3. The van der Waals surface area contributed by atoms with Crippen LogP contribution in [-0.4, -0.2) is 29.0 Å². The largest absolute Gasteiger partial charge is 0.307 e. The van der Waals surface area contributed by atoms with Crippen molar-refractivity contribution in [2.45, 2.75) is 32.5 Å². The minimum atomic E-state index is 0.417.